The van der Waals surface area contributed by atoms with E-state index >= 15 is 0 Å². The average Bonchev–Trinajstić information content (AvgIpc) is 3.50. The van der Waals surface area contributed by atoms with Gasteiger partial charge in [0.1, 0.15) is 24.5 Å². The van der Waals surface area contributed by atoms with Gasteiger partial charge in [0, 0.05) is 52.6 Å². The third kappa shape index (κ3) is 5.87. The predicted molar refractivity (Wildman–Crippen MR) is 169 cm³/mol. The lowest BCUT2D eigenvalue weighted by Crippen LogP contribution is -2.50. The molecule has 5 aromatic rings. The molecule has 1 fully saturated rings. The van der Waals surface area contributed by atoms with E-state index in [9.17, 15) is 32.3 Å². The van der Waals surface area contributed by atoms with Crippen molar-refractivity contribution in [1.29, 1.82) is 0 Å². The molecule has 7 rings (SSSR count). The molecule has 2 aliphatic rings. The number of rotatable bonds is 6. The van der Waals surface area contributed by atoms with E-state index in [1.807, 2.05) is 24.3 Å². The Balaban J connectivity index is 0.972. The number of furan rings is 1. The van der Waals surface area contributed by atoms with Gasteiger partial charge in [-0.1, -0.05) is 24.3 Å². The van der Waals surface area contributed by atoms with Crippen LogP contribution < -0.4 is 15.8 Å². The molecule has 0 atom stereocenters. The van der Waals surface area contributed by atoms with Gasteiger partial charge in [0.15, 0.2) is 0 Å². The van der Waals surface area contributed by atoms with Gasteiger partial charge in [-0.2, -0.15) is 13.2 Å². The normalized spacial score (nSPS) is 15.4. The van der Waals surface area contributed by atoms with Crippen molar-refractivity contribution in [3.63, 3.8) is 0 Å². The molecule has 3 aromatic carbocycles. The summed E-state index contributed by atoms with van der Waals surface area (Å²) in [5, 5.41) is 2.97. The minimum Gasteiger partial charge on any atom is -0.459 e. The Bertz CT molecular complexity index is 2130. The molecule has 0 radical (unpaired) electrons. The third-order valence-electron chi connectivity index (χ3n) is 8.83. The SMILES string of the molecule is O=C(Cn1ccc2c(C(F)(F)F)cccc2c1=O)NCc1cc2cc(C(=O)N3CCC(N4C(=O)OCc5ccccc54)CC3)ccc2o1. The first-order valence-corrected chi connectivity index (χ1v) is 15.4. The number of ether oxygens (including phenoxy) is 1. The van der Waals surface area contributed by atoms with Crippen molar-refractivity contribution in [1.82, 2.24) is 14.8 Å². The Hall–Kier alpha value is -5.59. The molecule has 3 amide bonds. The number of hydrogen-bond acceptors (Lipinski definition) is 6. The van der Waals surface area contributed by atoms with Crippen LogP contribution in [-0.2, 0) is 35.4 Å². The van der Waals surface area contributed by atoms with Gasteiger partial charge in [0.05, 0.1) is 17.8 Å². The number of aromatic nitrogens is 1. The first kappa shape index (κ1) is 31.0. The van der Waals surface area contributed by atoms with Crippen LogP contribution in [0.25, 0.3) is 21.7 Å². The summed E-state index contributed by atoms with van der Waals surface area (Å²) in [7, 11) is 0. The molecule has 13 heteroatoms. The van der Waals surface area contributed by atoms with E-state index in [0.717, 1.165) is 28.0 Å². The van der Waals surface area contributed by atoms with Gasteiger partial charge in [0.25, 0.3) is 11.5 Å². The van der Waals surface area contributed by atoms with Crippen LogP contribution in [0.15, 0.2) is 88.2 Å². The summed E-state index contributed by atoms with van der Waals surface area (Å²) in [6.45, 7) is 0.788. The van der Waals surface area contributed by atoms with Gasteiger partial charge in [-0.25, -0.2) is 4.79 Å². The molecular weight excluding hydrogens is 629 g/mol. The quantitative estimate of drug-likeness (QED) is 0.245. The highest BCUT2D eigenvalue weighted by molar-refractivity contribution is 5.98. The lowest BCUT2D eigenvalue weighted by Gasteiger charge is -2.40. The fraction of sp³-hybridized carbons (Fsp3) is 0.257. The highest BCUT2D eigenvalue weighted by Crippen LogP contribution is 2.34. The molecule has 0 spiro atoms. The number of carbonyl (C=O) groups excluding carboxylic acids is 3. The minimum absolute atomic E-state index is 0.00702. The molecule has 48 heavy (non-hydrogen) atoms. The van der Waals surface area contributed by atoms with E-state index in [1.165, 1.54) is 18.3 Å². The van der Waals surface area contributed by atoms with Crippen LogP contribution in [0.5, 0.6) is 0 Å². The molecule has 1 N–H and O–H groups in total. The second kappa shape index (κ2) is 12.2. The largest absolute Gasteiger partial charge is 0.459 e. The average molecular weight is 659 g/mol. The predicted octanol–water partition coefficient (Wildman–Crippen LogP) is 5.84. The van der Waals surface area contributed by atoms with Crippen LogP contribution in [0.3, 0.4) is 0 Å². The second-order valence-electron chi connectivity index (χ2n) is 11.8. The number of pyridine rings is 1. The number of amides is 3. The molecule has 0 aliphatic carbocycles. The van der Waals surface area contributed by atoms with Crippen molar-refractivity contribution in [2.24, 2.45) is 0 Å². The third-order valence-corrected chi connectivity index (χ3v) is 8.83. The van der Waals surface area contributed by atoms with Crippen molar-refractivity contribution >= 4 is 45.3 Å². The number of likely N-dealkylation sites (tertiary alicyclic amines) is 1. The lowest BCUT2D eigenvalue weighted by atomic mass is 10.00. The number of alkyl halides is 3. The fourth-order valence-electron chi connectivity index (χ4n) is 6.44. The van der Waals surface area contributed by atoms with Gasteiger partial charge in [-0.3, -0.25) is 19.3 Å². The van der Waals surface area contributed by atoms with E-state index < -0.39 is 29.8 Å². The van der Waals surface area contributed by atoms with E-state index in [-0.39, 0.29) is 42.0 Å². The highest BCUT2D eigenvalue weighted by atomic mass is 19.4. The number of benzene rings is 3. The summed E-state index contributed by atoms with van der Waals surface area (Å²) in [4.78, 5) is 55.0. The zero-order chi connectivity index (χ0) is 33.6. The summed E-state index contributed by atoms with van der Waals surface area (Å²) < 4.78 is 52.3. The van der Waals surface area contributed by atoms with Crippen LogP contribution in [-0.4, -0.2) is 46.5 Å². The van der Waals surface area contributed by atoms with Crippen LogP contribution in [0.2, 0.25) is 0 Å². The maximum absolute atomic E-state index is 13.4. The summed E-state index contributed by atoms with van der Waals surface area (Å²) in [6.07, 6.45) is -2.61. The molecule has 0 unspecified atom stereocenters. The number of halogens is 3. The van der Waals surface area contributed by atoms with Gasteiger partial charge in [-0.05, 0) is 61.4 Å². The zero-order valence-electron chi connectivity index (χ0n) is 25.5. The van der Waals surface area contributed by atoms with E-state index in [2.05, 4.69) is 5.32 Å². The van der Waals surface area contributed by atoms with Crippen LogP contribution in [0.1, 0.15) is 40.1 Å². The fourth-order valence-corrected chi connectivity index (χ4v) is 6.44. The smallest absolute Gasteiger partial charge is 0.417 e. The molecule has 2 aliphatic heterocycles. The molecule has 4 heterocycles. The Morgan fingerprint density at radius 2 is 1.71 bits per heavy atom. The Morgan fingerprint density at radius 1 is 0.917 bits per heavy atom. The number of piperidine rings is 1. The highest BCUT2D eigenvalue weighted by Gasteiger charge is 2.35. The van der Waals surface area contributed by atoms with E-state index in [0.29, 0.717) is 48.2 Å². The molecular formula is C35H29F3N4O6. The van der Waals surface area contributed by atoms with Gasteiger partial charge in [-0.15, -0.1) is 0 Å². The number of hydrogen-bond donors (Lipinski definition) is 1. The topological polar surface area (TPSA) is 114 Å². The van der Waals surface area contributed by atoms with E-state index in [1.54, 1.807) is 34.1 Å². The van der Waals surface area contributed by atoms with Crippen molar-refractivity contribution in [3.05, 3.63) is 112 Å². The molecule has 10 nitrogen and oxygen atoms in total. The standard InChI is InChI=1S/C35H29F3N4O6/c36-35(37,38)28-6-3-5-27-26(28)12-15-41(33(27)45)19-31(43)39-18-25-17-23-16-21(8-9-30(23)48-25)32(44)40-13-10-24(11-14-40)42-29-7-2-1-4-22(29)20-47-34(42)46/h1-9,12,15-17,24H,10-11,13-14,18-20H2,(H,39,43). The zero-order valence-corrected chi connectivity index (χ0v) is 25.5. The number of fused-ring (bicyclic) bond motifs is 3. The summed E-state index contributed by atoms with van der Waals surface area (Å²) >= 11 is 0. The van der Waals surface area contributed by atoms with Gasteiger partial charge < -0.3 is 23.9 Å². The van der Waals surface area contributed by atoms with Gasteiger partial charge in [0.2, 0.25) is 5.91 Å². The van der Waals surface area contributed by atoms with Crippen molar-refractivity contribution in [2.75, 3.05) is 18.0 Å². The number of para-hydroxylation sites is 1. The maximum Gasteiger partial charge on any atom is 0.417 e. The van der Waals surface area contributed by atoms with Crippen molar-refractivity contribution < 1.29 is 36.7 Å². The molecule has 0 saturated carbocycles. The van der Waals surface area contributed by atoms with Crippen LogP contribution in [0.4, 0.5) is 23.7 Å². The number of cyclic esters (lactones) is 1. The molecule has 2 aromatic heterocycles. The Labute approximate surface area is 271 Å². The van der Waals surface area contributed by atoms with Gasteiger partial charge >= 0.3 is 12.3 Å². The maximum atomic E-state index is 13.4. The molecule has 0 bridgehead atoms. The first-order chi connectivity index (χ1) is 23.1. The minimum atomic E-state index is -4.62. The van der Waals surface area contributed by atoms with Crippen LogP contribution >= 0.6 is 0 Å². The number of carbonyl (C=O) groups is 3. The van der Waals surface area contributed by atoms with E-state index in [4.69, 9.17) is 9.15 Å². The Morgan fingerprint density at radius 3 is 2.50 bits per heavy atom. The van der Waals surface area contributed by atoms with Crippen LogP contribution in [0, 0.1) is 0 Å². The second-order valence-corrected chi connectivity index (χ2v) is 11.8. The monoisotopic (exact) mass is 658 g/mol. The van der Waals surface area contributed by atoms with Crippen molar-refractivity contribution in [3.8, 4) is 0 Å². The molecule has 1 saturated heterocycles. The summed E-state index contributed by atoms with van der Waals surface area (Å²) in [6, 6.07) is 18.9. The Kier molecular flexibility index (Phi) is 7.90. The molecule has 246 valence electrons. The lowest BCUT2D eigenvalue weighted by molar-refractivity contribution is -0.136. The number of nitrogens with zero attached hydrogens (tertiary/aromatic N) is 3. The number of nitrogens with one attached hydrogen (secondary N) is 1. The summed E-state index contributed by atoms with van der Waals surface area (Å²) in [5.74, 6) is -0.265. The number of anilines is 1. The summed E-state index contributed by atoms with van der Waals surface area (Å²) in [5.41, 5.74) is 1.17. The van der Waals surface area contributed by atoms with Crippen molar-refractivity contribution in [2.45, 2.75) is 44.8 Å². The first-order valence-electron chi connectivity index (χ1n) is 15.4.